The van der Waals surface area contributed by atoms with Crippen LogP contribution in [0.5, 0.6) is 0 Å². The normalized spacial score (nSPS) is 14.4. The third-order valence-corrected chi connectivity index (χ3v) is 5.08. The molecular formula is C22H36N4O3. The number of amides is 2. The summed E-state index contributed by atoms with van der Waals surface area (Å²) in [6.45, 7) is 6.84. The minimum Gasteiger partial charge on any atom is -0.379 e. The number of anilines is 2. The zero-order chi connectivity index (χ0) is 21.1. The number of ether oxygens (including phenoxy) is 1. The van der Waals surface area contributed by atoms with Crippen molar-refractivity contribution in [3.8, 4) is 0 Å². The fourth-order valence-corrected chi connectivity index (χ4v) is 3.37. The van der Waals surface area contributed by atoms with Crippen LogP contribution >= 0.6 is 0 Å². The van der Waals surface area contributed by atoms with Crippen molar-refractivity contribution in [2.45, 2.75) is 39.0 Å². The van der Waals surface area contributed by atoms with Crippen molar-refractivity contribution in [2.24, 2.45) is 0 Å². The average Bonchev–Trinajstić information content (AvgIpc) is 2.71. The van der Waals surface area contributed by atoms with Gasteiger partial charge in [-0.2, -0.15) is 0 Å². The van der Waals surface area contributed by atoms with Crippen molar-refractivity contribution in [3.63, 3.8) is 0 Å². The first-order valence-corrected chi connectivity index (χ1v) is 10.7. The maximum atomic E-state index is 12.8. The van der Waals surface area contributed by atoms with Gasteiger partial charge in [0.15, 0.2) is 0 Å². The Balaban J connectivity index is 1.93. The zero-order valence-electron chi connectivity index (χ0n) is 18.1. The second-order valence-electron chi connectivity index (χ2n) is 7.70. The van der Waals surface area contributed by atoms with Gasteiger partial charge in [0, 0.05) is 58.1 Å². The van der Waals surface area contributed by atoms with E-state index in [0.29, 0.717) is 24.2 Å². The second kappa shape index (κ2) is 12.4. The summed E-state index contributed by atoms with van der Waals surface area (Å²) < 4.78 is 5.35. The molecule has 1 aliphatic rings. The molecule has 2 N–H and O–H groups in total. The van der Waals surface area contributed by atoms with Crippen LogP contribution in [-0.4, -0.2) is 70.2 Å². The van der Waals surface area contributed by atoms with Gasteiger partial charge in [0.05, 0.1) is 18.8 Å². The topological polar surface area (TPSA) is 73.9 Å². The van der Waals surface area contributed by atoms with E-state index in [1.165, 1.54) is 0 Å². The van der Waals surface area contributed by atoms with Crippen molar-refractivity contribution < 1.29 is 14.3 Å². The minimum absolute atomic E-state index is 0.00242. The molecule has 0 aliphatic carbocycles. The Morgan fingerprint density at radius 2 is 1.90 bits per heavy atom. The van der Waals surface area contributed by atoms with Crippen LogP contribution in [-0.2, 0) is 9.53 Å². The van der Waals surface area contributed by atoms with Crippen molar-refractivity contribution in [3.05, 3.63) is 23.8 Å². The van der Waals surface area contributed by atoms with E-state index in [-0.39, 0.29) is 11.8 Å². The first-order chi connectivity index (χ1) is 14.0. The van der Waals surface area contributed by atoms with Crippen molar-refractivity contribution >= 4 is 23.2 Å². The van der Waals surface area contributed by atoms with Gasteiger partial charge >= 0.3 is 0 Å². The molecule has 2 amide bonds. The van der Waals surface area contributed by atoms with Crippen LogP contribution in [0.15, 0.2) is 18.2 Å². The summed E-state index contributed by atoms with van der Waals surface area (Å²) in [5, 5.41) is 5.94. The summed E-state index contributed by atoms with van der Waals surface area (Å²) in [6.07, 6.45) is 4.78. The van der Waals surface area contributed by atoms with E-state index in [0.717, 1.165) is 64.2 Å². The van der Waals surface area contributed by atoms with Gasteiger partial charge in [0.25, 0.3) is 5.91 Å². The lowest BCUT2D eigenvalue weighted by atomic mass is 10.1. The fraction of sp³-hybridized carbons (Fsp3) is 0.636. The number of morpholine rings is 1. The molecular weight excluding hydrogens is 368 g/mol. The molecule has 0 bridgehead atoms. The van der Waals surface area contributed by atoms with E-state index in [4.69, 9.17) is 4.74 Å². The van der Waals surface area contributed by atoms with Crippen LogP contribution < -0.4 is 15.5 Å². The molecule has 0 saturated carbocycles. The Bertz CT molecular complexity index is 657. The van der Waals surface area contributed by atoms with Gasteiger partial charge in [-0.15, -0.1) is 0 Å². The monoisotopic (exact) mass is 404 g/mol. The smallest absolute Gasteiger partial charge is 0.253 e. The molecule has 0 unspecified atom stereocenters. The molecule has 1 aromatic rings. The Labute approximate surface area is 174 Å². The lowest BCUT2D eigenvalue weighted by Gasteiger charge is -2.26. The van der Waals surface area contributed by atoms with E-state index in [9.17, 15) is 9.59 Å². The minimum atomic E-state index is -0.124. The van der Waals surface area contributed by atoms with Crippen LogP contribution in [0.25, 0.3) is 0 Å². The number of benzene rings is 1. The van der Waals surface area contributed by atoms with Gasteiger partial charge in [-0.05, 0) is 24.6 Å². The Morgan fingerprint density at radius 1 is 1.14 bits per heavy atom. The lowest BCUT2D eigenvalue weighted by Crippen LogP contribution is -2.41. The largest absolute Gasteiger partial charge is 0.379 e. The first kappa shape index (κ1) is 23.2. The molecule has 1 aromatic carbocycles. The van der Waals surface area contributed by atoms with E-state index in [1.807, 2.05) is 31.1 Å². The summed E-state index contributed by atoms with van der Waals surface area (Å²) in [5.41, 5.74) is 2.06. The second-order valence-corrected chi connectivity index (χ2v) is 7.70. The summed E-state index contributed by atoms with van der Waals surface area (Å²) in [5.74, 6) is -0.126. The highest BCUT2D eigenvalue weighted by Gasteiger charge is 2.16. The number of nitrogens with one attached hydrogen (secondary N) is 2. The number of carbonyl (C=O) groups is 2. The van der Waals surface area contributed by atoms with Gasteiger partial charge < -0.3 is 20.3 Å². The van der Waals surface area contributed by atoms with Crippen LogP contribution in [0.4, 0.5) is 11.4 Å². The molecule has 0 spiro atoms. The SMILES string of the molecule is CCCCCCC(=O)Nc1ccc(N(C)C)c(C(=O)NCCN2CCOCC2)c1. The quantitative estimate of drug-likeness (QED) is 0.555. The molecule has 1 aliphatic heterocycles. The third kappa shape index (κ3) is 8.03. The van der Waals surface area contributed by atoms with Crippen molar-refractivity contribution in [1.82, 2.24) is 10.2 Å². The summed E-state index contributed by atoms with van der Waals surface area (Å²) in [6, 6.07) is 5.50. The van der Waals surface area contributed by atoms with Crippen LogP contribution in [0.1, 0.15) is 49.4 Å². The number of carbonyl (C=O) groups excluding carboxylic acids is 2. The molecule has 1 fully saturated rings. The molecule has 1 heterocycles. The molecule has 0 radical (unpaired) electrons. The van der Waals surface area contributed by atoms with E-state index in [2.05, 4.69) is 22.5 Å². The molecule has 1 saturated heterocycles. The van der Waals surface area contributed by atoms with Crippen LogP contribution in [0, 0.1) is 0 Å². The predicted octanol–water partition coefficient (Wildman–Crippen LogP) is 2.72. The van der Waals surface area contributed by atoms with E-state index >= 15 is 0 Å². The highest BCUT2D eigenvalue weighted by atomic mass is 16.5. The Hall–Kier alpha value is -2.12. The maximum absolute atomic E-state index is 12.8. The number of hydrogen-bond acceptors (Lipinski definition) is 5. The van der Waals surface area contributed by atoms with Crippen LogP contribution in [0.3, 0.4) is 0 Å². The fourth-order valence-electron chi connectivity index (χ4n) is 3.37. The van der Waals surface area contributed by atoms with Gasteiger partial charge in [-0.1, -0.05) is 26.2 Å². The standard InChI is InChI=1S/C22H36N4O3/c1-4-5-6-7-8-21(27)24-18-9-10-20(25(2)3)19(17-18)22(28)23-11-12-26-13-15-29-16-14-26/h9-10,17H,4-8,11-16H2,1-3H3,(H,23,28)(H,24,27). The Morgan fingerprint density at radius 3 is 2.59 bits per heavy atom. The molecule has 29 heavy (non-hydrogen) atoms. The number of nitrogens with zero attached hydrogens (tertiary/aromatic N) is 2. The molecule has 0 aromatic heterocycles. The number of hydrogen-bond donors (Lipinski definition) is 2. The van der Waals surface area contributed by atoms with E-state index in [1.54, 1.807) is 6.07 Å². The summed E-state index contributed by atoms with van der Waals surface area (Å²) in [4.78, 5) is 29.2. The highest BCUT2D eigenvalue weighted by Crippen LogP contribution is 2.23. The summed E-state index contributed by atoms with van der Waals surface area (Å²) >= 11 is 0. The first-order valence-electron chi connectivity index (χ1n) is 10.7. The molecule has 2 rings (SSSR count). The maximum Gasteiger partial charge on any atom is 0.253 e. The number of unbranched alkanes of at least 4 members (excludes halogenated alkanes) is 3. The molecule has 7 heteroatoms. The Kier molecular flexibility index (Phi) is 9.94. The van der Waals surface area contributed by atoms with Gasteiger partial charge in [0.1, 0.15) is 0 Å². The molecule has 162 valence electrons. The van der Waals surface area contributed by atoms with E-state index < -0.39 is 0 Å². The van der Waals surface area contributed by atoms with Crippen molar-refractivity contribution in [2.75, 3.05) is 63.7 Å². The van der Waals surface area contributed by atoms with Gasteiger partial charge in [-0.25, -0.2) is 0 Å². The number of rotatable bonds is 11. The molecule has 0 atom stereocenters. The molecule has 7 nitrogen and oxygen atoms in total. The van der Waals surface area contributed by atoms with Crippen LogP contribution in [0.2, 0.25) is 0 Å². The predicted molar refractivity (Wildman–Crippen MR) is 118 cm³/mol. The summed E-state index contributed by atoms with van der Waals surface area (Å²) in [7, 11) is 3.82. The zero-order valence-corrected chi connectivity index (χ0v) is 18.1. The van der Waals surface area contributed by atoms with Gasteiger partial charge in [0.2, 0.25) is 5.91 Å². The van der Waals surface area contributed by atoms with Crippen molar-refractivity contribution in [1.29, 1.82) is 0 Å². The average molecular weight is 405 g/mol. The third-order valence-electron chi connectivity index (χ3n) is 5.08. The highest BCUT2D eigenvalue weighted by molar-refractivity contribution is 6.02. The van der Waals surface area contributed by atoms with Gasteiger partial charge in [-0.3, -0.25) is 14.5 Å². The lowest BCUT2D eigenvalue weighted by molar-refractivity contribution is -0.116.